The molecule has 0 radical (unpaired) electrons. The normalized spacial score (nSPS) is 10.4. The van der Waals surface area contributed by atoms with Crippen LogP contribution in [0.1, 0.15) is 21.6 Å². The molecule has 0 fully saturated rings. The van der Waals surface area contributed by atoms with Crippen molar-refractivity contribution < 1.29 is 4.79 Å². The van der Waals surface area contributed by atoms with Crippen LogP contribution in [0.5, 0.6) is 0 Å². The minimum atomic E-state index is -0.302. The Hall–Kier alpha value is -2.73. The molecule has 0 aliphatic heterocycles. The number of hydrogen-bond donors (Lipinski definition) is 2. The first-order chi connectivity index (χ1) is 12.0. The summed E-state index contributed by atoms with van der Waals surface area (Å²) in [5.74, 6) is 0.289. The summed E-state index contributed by atoms with van der Waals surface area (Å²) >= 11 is 3.37. The van der Waals surface area contributed by atoms with Crippen molar-refractivity contribution in [2.75, 3.05) is 10.6 Å². The minimum Gasteiger partial charge on any atom is -0.339 e. The number of hydrogen-bond acceptors (Lipinski definition) is 4. The molecule has 6 heteroatoms. The average molecular weight is 397 g/mol. The Labute approximate surface area is 154 Å². The van der Waals surface area contributed by atoms with Crippen LogP contribution >= 0.6 is 15.9 Å². The maximum Gasteiger partial charge on any atom is 0.275 e. The maximum atomic E-state index is 12.2. The lowest BCUT2D eigenvalue weighted by Crippen LogP contribution is -2.14. The molecule has 0 spiro atoms. The predicted octanol–water partition coefficient (Wildman–Crippen LogP) is 4.85. The van der Waals surface area contributed by atoms with Gasteiger partial charge in [-0.25, -0.2) is 9.97 Å². The van der Waals surface area contributed by atoms with Crippen LogP contribution in [0.25, 0.3) is 0 Å². The van der Waals surface area contributed by atoms with E-state index in [0.717, 1.165) is 21.3 Å². The van der Waals surface area contributed by atoms with Crippen LogP contribution in [-0.4, -0.2) is 15.9 Å². The summed E-state index contributed by atoms with van der Waals surface area (Å²) in [5.41, 5.74) is 4.20. The summed E-state index contributed by atoms with van der Waals surface area (Å²) in [5, 5.41) is 6.02. The molecule has 0 unspecified atom stereocenters. The van der Waals surface area contributed by atoms with Crippen molar-refractivity contribution in [1.82, 2.24) is 9.97 Å². The highest BCUT2D eigenvalue weighted by molar-refractivity contribution is 9.10. The monoisotopic (exact) mass is 396 g/mol. The second kappa shape index (κ2) is 7.44. The van der Waals surface area contributed by atoms with E-state index in [-0.39, 0.29) is 11.6 Å². The van der Waals surface area contributed by atoms with Crippen molar-refractivity contribution in [2.24, 2.45) is 0 Å². The molecule has 0 saturated heterocycles. The van der Waals surface area contributed by atoms with Gasteiger partial charge in [-0.1, -0.05) is 34.1 Å². The first-order valence-corrected chi connectivity index (χ1v) is 8.54. The Morgan fingerprint density at radius 3 is 2.60 bits per heavy atom. The lowest BCUT2D eigenvalue weighted by atomic mass is 10.1. The van der Waals surface area contributed by atoms with E-state index in [1.165, 1.54) is 6.20 Å². The fourth-order valence-electron chi connectivity index (χ4n) is 2.28. The molecule has 0 bridgehead atoms. The van der Waals surface area contributed by atoms with Crippen molar-refractivity contribution in [3.8, 4) is 0 Å². The molecule has 25 heavy (non-hydrogen) atoms. The molecular weight excluding hydrogens is 380 g/mol. The molecule has 126 valence electrons. The first-order valence-electron chi connectivity index (χ1n) is 7.74. The Balaban J connectivity index is 1.71. The van der Waals surface area contributed by atoms with Crippen LogP contribution < -0.4 is 10.6 Å². The third-order valence-corrected chi connectivity index (χ3v) is 4.12. The van der Waals surface area contributed by atoms with Crippen molar-refractivity contribution in [3.63, 3.8) is 0 Å². The van der Waals surface area contributed by atoms with Crippen molar-refractivity contribution in [3.05, 3.63) is 76.2 Å². The number of carbonyl (C=O) groups excluding carboxylic acids is 1. The average Bonchev–Trinajstić information content (AvgIpc) is 2.59. The zero-order chi connectivity index (χ0) is 17.8. The largest absolute Gasteiger partial charge is 0.339 e. The Morgan fingerprint density at radius 2 is 1.88 bits per heavy atom. The van der Waals surface area contributed by atoms with Crippen LogP contribution in [0.3, 0.4) is 0 Å². The molecule has 0 atom stereocenters. The smallest absolute Gasteiger partial charge is 0.275 e. The Morgan fingerprint density at radius 1 is 1.04 bits per heavy atom. The standard InChI is InChI=1S/C19H17BrN4O/c1-12-6-7-13(2)16(8-12)24-18-11-21-17(10-22-18)19(25)23-15-5-3-4-14(20)9-15/h3-11H,1-2H3,(H,22,24)(H,23,25). The van der Waals surface area contributed by atoms with Crippen LogP contribution in [0.15, 0.2) is 59.3 Å². The quantitative estimate of drug-likeness (QED) is 0.661. The van der Waals surface area contributed by atoms with Gasteiger partial charge in [-0.15, -0.1) is 0 Å². The Bertz CT molecular complexity index is 910. The summed E-state index contributed by atoms with van der Waals surface area (Å²) in [7, 11) is 0. The summed E-state index contributed by atoms with van der Waals surface area (Å²) in [4.78, 5) is 20.7. The highest BCUT2D eigenvalue weighted by Gasteiger charge is 2.09. The van der Waals surface area contributed by atoms with Gasteiger partial charge in [-0.2, -0.15) is 0 Å². The third-order valence-electron chi connectivity index (χ3n) is 3.62. The van der Waals surface area contributed by atoms with Crippen molar-refractivity contribution in [2.45, 2.75) is 13.8 Å². The number of anilines is 3. The van der Waals surface area contributed by atoms with Gasteiger partial charge in [0.05, 0.1) is 12.4 Å². The van der Waals surface area contributed by atoms with Gasteiger partial charge in [0.2, 0.25) is 0 Å². The molecule has 2 aromatic carbocycles. The number of nitrogens with one attached hydrogen (secondary N) is 2. The number of nitrogens with zero attached hydrogens (tertiary/aromatic N) is 2. The maximum absolute atomic E-state index is 12.2. The number of benzene rings is 2. The van der Waals surface area contributed by atoms with E-state index in [1.54, 1.807) is 6.20 Å². The van der Waals surface area contributed by atoms with Gasteiger partial charge >= 0.3 is 0 Å². The van der Waals surface area contributed by atoms with Gasteiger partial charge in [-0.3, -0.25) is 4.79 Å². The van der Waals surface area contributed by atoms with Crippen molar-refractivity contribution >= 4 is 39.0 Å². The van der Waals surface area contributed by atoms with Gasteiger partial charge < -0.3 is 10.6 Å². The van der Waals surface area contributed by atoms with Gasteiger partial charge in [0.15, 0.2) is 0 Å². The molecular formula is C19H17BrN4O. The van der Waals surface area contributed by atoms with Crippen LogP contribution in [-0.2, 0) is 0 Å². The predicted molar refractivity (Wildman–Crippen MR) is 103 cm³/mol. The minimum absolute atomic E-state index is 0.256. The number of amides is 1. The molecule has 0 saturated carbocycles. The number of halogens is 1. The van der Waals surface area contributed by atoms with Gasteiger partial charge in [0.1, 0.15) is 11.5 Å². The van der Waals surface area contributed by atoms with E-state index in [9.17, 15) is 4.79 Å². The van der Waals surface area contributed by atoms with E-state index in [2.05, 4.69) is 42.6 Å². The zero-order valence-corrected chi connectivity index (χ0v) is 15.5. The second-order valence-electron chi connectivity index (χ2n) is 5.69. The van der Waals surface area contributed by atoms with Crippen LogP contribution in [0.2, 0.25) is 0 Å². The van der Waals surface area contributed by atoms with Gasteiger partial charge in [0.25, 0.3) is 5.91 Å². The van der Waals surface area contributed by atoms with E-state index >= 15 is 0 Å². The lowest BCUT2D eigenvalue weighted by Gasteiger charge is -2.10. The SMILES string of the molecule is Cc1ccc(C)c(Nc2cnc(C(=O)Nc3cccc(Br)c3)cn2)c1. The highest BCUT2D eigenvalue weighted by atomic mass is 79.9. The first kappa shape index (κ1) is 17.1. The summed E-state index contributed by atoms with van der Waals surface area (Å²) in [6.07, 6.45) is 3.01. The number of aryl methyl sites for hydroxylation is 2. The molecule has 3 rings (SSSR count). The molecule has 1 heterocycles. The molecule has 1 aromatic heterocycles. The second-order valence-corrected chi connectivity index (χ2v) is 6.61. The molecule has 1 amide bonds. The third kappa shape index (κ3) is 4.42. The van der Waals surface area contributed by atoms with E-state index in [4.69, 9.17) is 0 Å². The van der Waals surface area contributed by atoms with E-state index in [0.29, 0.717) is 11.5 Å². The summed E-state index contributed by atoms with van der Waals surface area (Å²) in [6, 6.07) is 13.5. The lowest BCUT2D eigenvalue weighted by molar-refractivity contribution is 0.102. The Kier molecular flexibility index (Phi) is 5.09. The summed E-state index contributed by atoms with van der Waals surface area (Å²) in [6.45, 7) is 4.06. The molecule has 0 aliphatic rings. The highest BCUT2D eigenvalue weighted by Crippen LogP contribution is 2.20. The van der Waals surface area contributed by atoms with Crippen LogP contribution in [0.4, 0.5) is 17.2 Å². The summed E-state index contributed by atoms with van der Waals surface area (Å²) < 4.78 is 0.893. The number of carbonyl (C=O) groups is 1. The van der Waals surface area contributed by atoms with E-state index in [1.807, 2.05) is 50.2 Å². The fourth-order valence-corrected chi connectivity index (χ4v) is 2.68. The van der Waals surface area contributed by atoms with Gasteiger partial charge in [0, 0.05) is 15.8 Å². The van der Waals surface area contributed by atoms with Crippen molar-refractivity contribution in [1.29, 1.82) is 0 Å². The molecule has 5 nitrogen and oxygen atoms in total. The molecule has 0 aliphatic carbocycles. The fraction of sp³-hybridized carbons (Fsp3) is 0.105. The zero-order valence-electron chi connectivity index (χ0n) is 13.9. The molecule has 2 N–H and O–H groups in total. The topological polar surface area (TPSA) is 66.9 Å². The van der Waals surface area contributed by atoms with Gasteiger partial charge in [-0.05, 0) is 49.2 Å². The molecule has 3 aromatic rings. The number of aromatic nitrogens is 2. The number of rotatable bonds is 4. The van der Waals surface area contributed by atoms with E-state index < -0.39 is 0 Å². The van der Waals surface area contributed by atoms with Crippen LogP contribution in [0, 0.1) is 13.8 Å².